The van der Waals surface area contributed by atoms with E-state index in [-0.39, 0.29) is 17.3 Å². The maximum Gasteiger partial charge on any atom is 0.307 e. The molecule has 0 radical (unpaired) electrons. The summed E-state index contributed by atoms with van der Waals surface area (Å²) in [7, 11) is 1.58. The minimum Gasteiger partial charge on any atom is -0.495 e. The van der Waals surface area contributed by atoms with Crippen LogP contribution in [0.2, 0.25) is 0 Å². The summed E-state index contributed by atoms with van der Waals surface area (Å²) in [5, 5.41) is 9.10. The molecule has 1 aromatic heterocycles. The molecule has 16 heavy (non-hydrogen) atoms. The Balaban J connectivity index is 2.29. The third-order valence-corrected chi connectivity index (χ3v) is 3.42. The van der Waals surface area contributed by atoms with Crippen molar-refractivity contribution in [2.75, 3.05) is 7.11 Å². The second kappa shape index (κ2) is 3.47. The molecular weight excluding hydrogens is 206 g/mol. The van der Waals surface area contributed by atoms with Gasteiger partial charge in [0.2, 0.25) is 0 Å². The minimum atomic E-state index is -0.738. The van der Waals surface area contributed by atoms with Crippen LogP contribution in [-0.4, -0.2) is 23.2 Å². The van der Waals surface area contributed by atoms with Crippen LogP contribution in [0.5, 0.6) is 5.75 Å². The second-order valence-electron chi connectivity index (χ2n) is 4.77. The molecule has 0 unspecified atom stereocenters. The summed E-state index contributed by atoms with van der Waals surface area (Å²) in [6.45, 7) is 3.94. The third kappa shape index (κ3) is 1.54. The Morgan fingerprint density at radius 1 is 1.50 bits per heavy atom. The Hall–Kier alpha value is -1.58. The molecule has 1 heterocycles. The number of carbonyl (C=O) groups is 1. The van der Waals surface area contributed by atoms with Crippen molar-refractivity contribution < 1.29 is 14.6 Å². The van der Waals surface area contributed by atoms with Gasteiger partial charge < -0.3 is 9.84 Å². The van der Waals surface area contributed by atoms with Crippen molar-refractivity contribution in [2.45, 2.75) is 19.8 Å². The molecule has 0 spiro atoms. The van der Waals surface area contributed by atoms with E-state index in [1.807, 2.05) is 19.9 Å². The van der Waals surface area contributed by atoms with Gasteiger partial charge in [-0.15, -0.1) is 0 Å². The lowest BCUT2D eigenvalue weighted by Gasteiger charge is -2.04. The predicted octanol–water partition coefficient (Wildman–Crippen LogP) is 1.91. The quantitative estimate of drug-likeness (QED) is 0.847. The van der Waals surface area contributed by atoms with E-state index in [1.165, 1.54) is 0 Å². The Morgan fingerprint density at radius 3 is 2.69 bits per heavy atom. The normalized spacial score (nSPS) is 26.2. The van der Waals surface area contributed by atoms with Crippen molar-refractivity contribution in [2.24, 2.45) is 11.3 Å². The van der Waals surface area contributed by atoms with Gasteiger partial charge in [-0.05, 0) is 17.0 Å². The highest BCUT2D eigenvalue weighted by molar-refractivity contribution is 5.77. The van der Waals surface area contributed by atoms with Crippen LogP contribution in [0.3, 0.4) is 0 Å². The van der Waals surface area contributed by atoms with Crippen molar-refractivity contribution in [3.63, 3.8) is 0 Å². The summed E-state index contributed by atoms with van der Waals surface area (Å²) < 4.78 is 5.09. The van der Waals surface area contributed by atoms with E-state index in [0.717, 1.165) is 5.56 Å². The first-order chi connectivity index (χ1) is 7.48. The molecule has 4 heteroatoms. The topological polar surface area (TPSA) is 59.4 Å². The zero-order valence-electron chi connectivity index (χ0n) is 9.60. The van der Waals surface area contributed by atoms with Crippen LogP contribution in [0.25, 0.3) is 0 Å². The Labute approximate surface area is 94.3 Å². The van der Waals surface area contributed by atoms with Gasteiger partial charge >= 0.3 is 5.97 Å². The number of methoxy groups -OCH3 is 1. The lowest BCUT2D eigenvalue weighted by Crippen LogP contribution is -2.03. The number of hydrogen-bond acceptors (Lipinski definition) is 3. The van der Waals surface area contributed by atoms with Gasteiger partial charge in [-0.3, -0.25) is 9.78 Å². The van der Waals surface area contributed by atoms with E-state index in [9.17, 15) is 4.79 Å². The molecule has 1 aromatic rings. The zero-order valence-corrected chi connectivity index (χ0v) is 9.60. The Kier molecular flexibility index (Phi) is 2.37. The second-order valence-corrected chi connectivity index (χ2v) is 4.77. The van der Waals surface area contributed by atoms with Crippen LogP contribution < -0.4 is 4.74 Å². The van der Waals surface area contributed by atoms with Gasteiger partial charge in [-0.1, -0.05) is 13.8 Å². The van der Waals surface area contributed by atoms with Crippen LogP contribution in [0.1, 0.15) is 25.3 Å². The number of carboxylic acid groups (broad SMARTS) is 1. The molecule has 4 nitrogen and oxygen atoms in total. The molecule has 0 saturated heterocycles. The van der Waals surface area contributed by atoms with Gasteiger partial charge in [0.25, 0.3) is 0 Å². The molecule has 0 aliphatic heterocycles. The number of pyridine rings is 1. The summed E-state index contributed by atoms with van der Waals surface area (Å²) in [5.74, 6) is -0.351. The van der Waals surface area contributed by atoms with E-state index >= 15 is 0 Å². The molecule has 1 N–H and O–H groups in total. The van der Waals surface area contributed by atoms with Gasteiger partial charge in [0.05, 0.1) is 19.2 Å². The molecule has 2 rings (SSSR count). The van der Waals surface area contributed by atoms with Gasteiger partial charge in [0.1, 0.15) is 5.75 Å². The van der Waals surface area contributed by atoms with Crippen LogP contribution in [0.4, 0.5) is 0 Å². The smallest absolute Gasteiger partial charge is 0.307 e. The lowest BCUT2D eigenvalue weighted by atomic mass is 10.0. The monoisotopic (exact) mass is 221 g/mol. The van der Waals surface area contributed by atoms with Crippen molar-refractivity contribution in [3.8, 4) is 5.75 Å². The highest BCUT2D eigenvalue weighted by Crippen LogP contribution is 2.64. The molecule has 1 fully saturated rings. The fourth-order valence-corrected chi connectivity index (χ4v) is 2.44. The van der Waals surface area contributed by atoms with Gasteiger partial charge in [0.15, 0.2) is 0 Å². The number of aliphatic carboxylic acids is 1. The van der Waals surface area contributed by atoms with Crippen molar-refractivity contribution >= 4 is 5.97 Å². The largest absolute Gasteiger partial charge is 0.495 e. The van der Waals surface area contributed by atoms with E-state index in [0.29, 0.717) is 5.75 Å². The van der Waals surface area contributed by atoms with E-state index < -0.39 is 5.97 Å². The van der Waals surface area contributed by atoms with Crippen molar-refractivity contribution in [3.05, 3.63) is 24.0 Å². The number of aromatic nitrogens is 1. The molecule has 86 valence electrons. The molecule has 0 bridgehead atoms. The number of nitrogens with zero attached hydrogens (tertiary/aromatic N) is 1. The standard InChI is InChI=1S/C12H15NO3/c1-12(2)9(10(12)11(14)15)7-4-8(16-3)6-13-5-7/h4-6,9-10H,1-3H3,(H,14,15)/t9-,10+/m0/s1. The molecule has 1 aliphatic rings. The molecule has 1 aliphatic carbocycles. The van der Waals surface area contributed by atoms with E-state index in [2.05, 4.69) is 4.98 Å². The first-order valence-electron chi connectivity index (χ1n) is 5.20. The van der Waals surface area contributed by atoms with Gasteiger partial charge in [0, 0.05) is 12.1 Å². The maximum absolute atomic E-state index is 11.1. The van der Waals surface area contributed by atoms with E-state index in [1.54, 1.807) is 19.5 Å². The van der Waals surface area contributed by atoms with Crippen LogP contribution in [0, 0.1) is 11.3 Å². The first kappa shape index (κ1) is 10.9. The fraction of sp³-hybridized carbons (Fsp3) is 0.500. The molecular formula is C12H15NO3. The summed E-state index contributed by atoms with van der Waals surface area (Å²) in [6.07, 6.45) is 3.34. The number of hydrogen-bond donors (Lipinski definition) is 1. The Morgan fingerprint density at radius 2 is 2.19 bits per heavy atom. The number of rotatable bonds is 3. The zero-order chi connectivity index (χ0) is 11.9. The molecule has 0 amide bonds. The number of ether oxygens (including phenoxy) is 1. The average molecular weight is 221 g/mol. The Bertz CT molecular complexity index is 428. The third-order valence-electron chi connectivity index (χ3n) is 3.42. The number of carboxylic acids is 1. The predicted molar refractivity (Wildman–Crippen MR) is 58.4 cm³/mol. The van der Waals surface area contributed by atoms with Gasteiger partial charge in [-0.2, -0.15) is 0 Å². The highest BCUT2D eigenvalue weighted by Gasteiger charge is 2.62. The van der Waals surface area contributed by atoms with Crippen LogP contribution in [0.15, 0.2) is 18.5 Å². The SMILES string of the molecule is COc1cncc([C@H]2[C@H](C(=O)O)C2(C)C)c1. The fourth-order valence-electron chi connectivity index (χ4n) is 2.44. The molecule has 2 atom stereocenters. The van der Waals surface area contributed by atoms with Gasteiger partial charge in [-0.25, -0.2) is 0 Å². The van der Waals surface area contributed by atoms with Crippen molar-refractivity contribution in [1.82, 2.24) is 4.98 Å². The molecule has 1 saturated carbocycles. The van der Waals surface area contributed by atoms with Crippen molar-refractivity contribution in [1.29, 1.82) is 0 Å². The lowest BCUT2D eigenvalue weighted by molar-refractivity contribution is -0.139. The van der Waals surface area contributed by atoms with Crippen LogP contribution in [-0.2, 0) is 4.79 Å². The summed E-state index contributed by atoms with van der Waals surface area (Å²) in [4.78, 5) is 15.1. The maximum atomic E-state index is 11.1. The molecule has 0 aromatic carbocycles. The highest BCUT2D eigenvalue weighted by atomic mass is 16.5. The van der Waals surface area contributed by atoms with Crippen LogP contribution >= 0.6 is 0 Å². The summed E-state index contributed by atoms with van der Waals surface area (Å²) in [5.41, 5.74) is 0.747. The first-order valence-corrected chi connectivity index (χ1v) is 5.20. The van der Waals surface area contributed by atoms with E-state index in [4.69, 9.17) is 9.84 Å². The average Bonchev–Trinajstić information content (AvgIpc) is 2.82. The summed E-state index contributed by atoms with van der Waals surface area (Å²) >= 11 is 0. The summed E-state index contributed by atoms with van der Waals surface area (Å²) in [6, 6.07) is 1.86. The minimum absolute atomic E-state index is 0.0348.